The lowest BCUT2D eigenvalue weighted by molar-refractivity contribution is 0.261. The van der Waals surface area contributed by atoms with E-state index in [-0.39, 0.29) is 12.1 Å². The SMILES string of the molecule is CN/C=C\Nc1ccc(NC(=O)Nc2ccc(NC(=O)Nc3ccc(N/C=C\N(C)N)cc3)cc2)cc1. The molecule has 0 fully saturated rings. The lowest BCUT2D eigenvalue weighted by atomic mass is 10.2. The van der Waals surface area contributed by atoms with Crippen LogP contribution in [0, 0.1) is 0 Å². The Hall–Kier alpha value is -5.16. The van der Waals surface area contributed by atoms with Crippen molar-refractivity contribution in [3.63, 3.8) is 0 Å². The molecule has 0 heterocycles. The van der Waals surface area contributed by atoms with Crippen LogP contribution in [0.3, 0.4) is 0 Å². The summed E-state index contributed by atoms with van der Waals surface area (Å²) < 4.78 is 0. The van der Waals surface area contributed by atoms with Gasteiger partial charge in [0.25, 0.3) is 0 Å². The molecule has 3 aromatic carbocycles. The van der Waals surface area contributed by atoms with Gasteiger partial charge in [0.05, 0.1) is 0 Å². The predicted octanol–water partition coefficient (Wildman–Crippen LogP) is 4.77. The minimum atomic E-state index is -0.386. The zero-order valence-electron chi connectivity index (χ0n) is 20.6. The summed E-state index contributed by atoms with van der Waals surface area (Å²) >= 11 is 0. The molecule has 0 saturated carbocycles. The molecule has 192 valence electrons. The quantitative estimate of drug-likeness (QED) is 0.147. The second kappa shape index (κ2) is 13.7. The molecule has 4 amide bonds. The van der Waals surface area contributed by atoms with E-state index in [1.165, 1.54) is 5.01 Å². The maximum Gasteiger partial charge on any atom is 0.323 e. The Kier molecular flexibility index (Phi) is 9.76. The molecule has 0 aromatic heterocycles. The largest absolute Gasteiger partial charge is 0.393 e. The van der Waals surface area contributed by atoms with Crippen LogP contribution in [0.2, 0.25) is 0 Å². The Morgan fingerprint density at radius 1 is 0.595 bits per heavy atom. The first-order valence-corrected chi connectivity index (χ1v) is 11.4. The highest BCUT2D eigenvalue weighted by Gasteiger charge is 2.06. The number of anilines is 6. The lowest BCUT2D eigenvalue weighted by Crippen LogP contribution is -2.20. The molecule has 0 atom stereocenters. The molecule has 0 aliphatic heterocycles. The number of urea groups is 2. The summed E-state index contributed by atoms with van der Waals surface area (Å²) in [6.07, 6.45) is 6.93. The zero-order chi connectivity index (χ0) is 26.5. The second-order valence-corrected chi connectivity index (χ2v) is 7.78. The van der Waals surface area contributed by atoms with E-state index in [4.69, 9.17) is 5.84 Å². The molecular weight excluding hydrogens is 470 g/mol. The van der Waals surface area contributed by atoms with Gasteiger partial charge in [-0.05, 0) is 72.8 Å². The van der Waals surface area contributed by atoms with Crippen LogP contribution in [0.15, 0.2) is 97.6 Å². The Balaban J connectivity index is 1.44. The van der Waals surface area contributed by atoms with E-state index >= 15 is 0 Å². The van der Waals surface area contributed by atoms with Crippen LogP contribution < -0.4 is 43.1 Å². The van der Waals surface area contributed by atoms with Crippen LogP contribution in [0.4, 0.5) is 43.7 Å². The van der Waals surface area contributed by atoms with Gasteiger partial charge in [-0.15, -0.1) is 0 Å². The summed E-state index contributed by atoms with van der Waals surface area (Å²) in [7, 11) is 3.53. The first-order valence-electron chi connectivity index (χ1n) is 11.4. The van der Waals surface area contributed by atoms with Crippen molar-refractivity contribution in [2.75, 3.05) is 46.0 Å². The van der Waals surface area contributed by atoms with E-state index in [9.17, 15) is 9.59 Å². The molecule has 0 unspecified atom stereocenters. The number of hydrogen-bond donors (Lipinski definition) is 8. The zero-order valence-corrected chi connectivity index (χ0v) is 20.6. The van der Waals surface area contributed by atoms with E-state index in [0.29, 0.717) is 22.7 Å². The standard InChI is InChI=1S/C26H31N9O2/c1-28-15-16-29-19-3-7-21(8-4-19)31-25(36)33-23-11-13-24(14-12-23)34-26(37)32-22-9-5-20(6-10-22)30-17-18-35(2)27/h3-18,28-30H,27H2,1-2H3,(H2,31,33,36)(H2,32,34,37)/b16-15-,18-17-. The summed E-state index contributed by atoms with van der Waals surface area (Å²) in [5.74, 6) is 5.50. The molecule has 9 N–H and O–H groups in total. The molecule has 3 aromatic rings. The van der Waals surface area contributed by atoms with E-state index in [0.717, 1.165) is 11.4 Å². The van der Waals surface area contributed by atoms with Crippen molar-refractivity contribution in [1.29, 1.82) is 0 Å². The number of nitrogens with two attached hydrogens (primary N) is 1. The number of carbonyl (C=O) groups is 2. The molecule has 0 radical (unpaired) electrons. The van der Waals surface area contributed by atoms with Gasteiger partial charge in [0.2, 0.25) is 0 Å². The van der Waals surface area contributed by atoms with Crippen LogP contribution in [0.5, 0.6) is 0 Å². The van der Waals surface area contributed by atoms with Gasteiger partial charge in [0.1, 0.15) is 0 Å². The first kappa shape index (κ1) is 26.4. The van der Waals surface area contributed by atoms with Crippen molar-refractivity contribution < 1.29 is 9.59 Å². The highest BCUT2D eigenvalue weighted by molar-refractivity contribution is 6.01. The summed E-state index contributed by atoms with van der Waals surface area (Å²) in [5.41, 5.74) is 4.19. The number of nitrogens with one attached hydrogen (secondary N) is 7. The number of carbonyl (C=O) groups excluding carboxylic acids is 2. The highest BCUT2D eigenvalue weighted by Crippen LogP contribution is 2.17. The van der Waals surface area contributed by atoms with Crippen molar-refractivity contribution in [2.24, 2.45) is 5.84 Å². The van der Waals surface area contributed by atoms with E-state index in [1.807, 2.05) is 31.3 Å². The maximum atomic E-state index is 12.3. The number of hydrazine groups is 1. The second-order valence-electron chi connectivity index (χ2n) is 7.78. The van der Waals surface area contributed by atoms with Gasteiger partial charge in [0, 0.05) is 73.0 Å². The van der Waals surface area contributed by atoms with Crippen LogP contribution in [0.25, 0.3) is 0 Å². The molecule has 0 saturated heterocycles. The topological polar surface area (TPSA) is 148 Å². The third-order valence-electron chi connectivity index (χ3n) is 4.75. The maximum absolute atomic E-state index is 12.3. The molecule has 0 spiro atoms. The van der Waals surface area contributed by atoms with Crippen molar-refractivity contribution >= 4 is 46.2 Å². The third kappa shape index (κ3) is 9.54. The lowest BCUT2D eigenvalue weighted by Gasteiger charge is -2.11. The minimum Gasteiger partial charge on any atom is -0.393 e. The van der Waals surface area contributed by atoms with Crippen molar-refractivity contribution in [3.8, 4) is 0 Å². The molecule has 0 bridgehead atoms. The smallest absolute Gasteiger partial charge is 0.323 e. The third-order valence-corrected chi connectivity index (χ3v) is 4.75. The molecule has 0 aliphatic rings. The van der Waals surface area contributed by atoms with Gasteiger partial charge in [-0.25, -0.2) is 15.4 Å². The fourth-order valence-corrected chi connectivity index (χ4v) is 3.00. The summed E-state index contributed by atoms with van der Waals surface area (Å²) in [5, 5.41) is 21.5. The number of hydrogen-bond acceptors (Lipinski definition) is 7. The van der Waals surface area contributed by atoms with Crippen LogP contribution in [0.1, 0.15) is 0 Å². The Bertz CT molecular complexity index is 1210. The van der Waals surface area contributed by atoms with Crippen LogP contribution >= 0.6 is 0 Å². The van der Waals surface area contributed by atoms with Gasteiger partial charge in [-0.3, -0.25) is 0 Å². The van der Waals surface area contributed by atoms with E-state index in [1.54, 1.807) is 80.4 Å². The fraction of sp³-hybridized carbons (Fsp3) is 0.0769. The highest BCUT2D eigenvalue weighted by atomic mass is 16.2. The van der Waals surface area contributed by atoms with E-state index in [2.05, 4.69) is 37.2 Å². The Morgan fingerprint density at radius 3 is 1.24 bits per heavy atom. The number of benzene rings is 3. The predicted molar refractivity (Wildman–Crippen MR) is 151 cm³/mol. The number of nitrogens with zero attached hydrogens (tertiary/aromatic N) is 1. The summed E-state index contributed by atoms with van der Waals surface area (Å²) in [4.78, 5) is 24.6. The molecule has 3 rings (SSSR count). The van der Waals surface area contributed by atoms with E-state index < -0.39 is 0 Å². The summed E-state index contributed by atoms with van der Waals surface area (Å²) in [6.45, 7) is 0. The van der Waals surface area contributed by atoms with Crippen molar-refractivity contribution in [2.45, 2.75) is 0 Å². The average Bonchev–Trinajstić information content (AvgIpc) is 2.87. The van der Waals surface area contributed by atoms with Crippen LogP contribution in [-0.4, -0.2) is 31.2 Å². The Labute approximate surface area is 215 Å². The molecule has 11 heteroatoms. The molecule has 37 heavy (non-hydrogen) atoms. The normalized spacial score (nSPS) is 10.6. The van der Waals surface area contributed by atoms with Gasteiger partial charge in [-0.2, -0.15) is 0 Å². The molecular formula is C26H31N9O2. The Morgan fingerprint density at radius 2 is 0.919 bits per heavy atom. The minimum absolute atomic E-state index is 0.377. The number of amides is 4. The van der Waals surface area contributed by atoms with Gasteiger partial charge in [0.15, 0.2) is 0 Å². The molecule has 0 aliphatic carbocycles. The summed E-state index contributed by atoms with van der Waals surface area (Å²) in [6, 6.07) is 20.5. The monoisotopic (exact) mass is 501 g/mol. The van der Waals surface area contributed by atoms with Gasteiger partial charge in [-0.1, -0.05) is 0 Å². The van der Waals surface area contributed by atoms with Gasteiger partial charge >= 0.3 is 12.1 Å². The average molecular weight is 502 g/mol. The first-order chi connectivity index (χ1) is 17.9. The number of rotatable bonds is 10. The van der Waals surface area contributed by atoms with Crippen LogP contribution in [-0.2, 0) is 0 Å². The molecule has 11 nitrogen and oxygen atoms in total. The fourth-order valence-electron chi connectivity index (χ4n) is 3.00. The van der Waals surface area contributed by atoms with Crippen molar-refractivity contribution in [3.05, 3.63) is 97.6 Å². The van der Waals surface area contributed by atoms with Gasteiger partial charge < -0.3 is 42.2 Å². The van der Waals surface area contributed by atoms with Crippen molar-refractivity contribution in [1.82, 2.24) is 10.3 Å².